The number of nitrogens with zero attached hydrogens (tertiary/aromatic N) is 1. The Morgan fingerprint density at radius 3 is 1.40 bits per heavy atom. The Balaban J connectivity index is 1.11. The molecule has 0 aliphatic heterocycles. The summed E-state index contributed by atoms with van der Waals surface area (Å²) in [5.41, 5.74) is 15.3. The Kier molecular flexibility index (Phi) is 8.95. The van der Waals surface area contributed by atoms with E-state index in [1.807, 2.05) is 0 Å². The van der Waals surface area contributed by atoms with Gasteiger partial charge >= 0.3 is 0 Å². The van der Waals surface area contributed by atoms with E-state index in [0.29, 0.717) is 0 Å². The molecule has 0 spiro atoms. The van der Waals surface area contributed by atoms with Crippen molar-refractivity contribution < 1.29 is 0 Å². The molecule has 0 aliphatic rings. The van der Waals surface area contributed by atoms with Crippen molar-refractivity contribution in [3.8, 4) is 55.6 Å². The predicted octanol–water partition coefficient (Wildman–Crippen LogP) is 15.8. The molecule has 0 aliphatic carbocycles. The highest BCUT2D eigenvalue weighted by Crippen LogP contribution is 2.44. The molecule has 0 radical (unpaired) electrons. The first-order chi connectivity index (χ1) is 28.3. The smallest absolute Gasteiger partial charge is 0.0540 e. The van der Waals surface area contributed by atoms with E-state index >= 15 is 0 Å². The third kappa shape index (κ3) is 6.66. The highest BCUT2D eigenvalue weighted by molar-refractivity contribution is 6.00. The summed E-state index contributed by atoms with van der Waals surface area (Å²) in [5.74, 6) is 0. The molecule has 0 amide bonds. The molecule has 0 heterocycles. The first kappa shape index (κ1) is 34.0. The van der Waals surface area contributed by atoms with Crippen LogP contribution in [0.3, 0.4) is 0 Å². The van der Waals surface area contributed by atoms with Gasteiger partial charge in [0, 0.05) is 16.8 Å². The van der Waals surface area contributed by atoms with Crippen LogP contribution in [-0.4, -0.2) is 0 Å². The summed E-state index contributed by atoms with van der Waals surface area (Å²) in [7, 11) is 0. The summed E-state index contributed by atoms with van der Waals surface area (Å²) in [6, 6.07) is 85.7. The van der Waals surface area contributed by atoms with E-state index in [-0.39, 0.29) is 0 Å². The van der Waals surface area contributed by atoms with E-state index < -0.39 is 0 Å². The fourth-order valence-electron chi connectivity index (χ4n) is 8.22. The summed E-state index contributed by atoms with van der Waals surface area (Å²) in [5, 5.41) is 4.90. The predicted molar refractivity (Wildman–Crippen MR) is 243 cm³/mol. The van der Waals surface area contributed by atoms with Gasteiger partial charge in [-0.3, -0.25) is 0 Å². The van der Waals surface area contributed by atoms with Crippen LogP contribution in [-0.2, 0) is 0 Å². The monoisotopic (exact) mass is 725 g/mol. The molecule has 10 rings (SSSR count). The van der Waals surface area contributed by atoms with Gasteiger partial charge in [0.25, 0.3) is 0 Å². The van der Waals surface area contributed by atoms with Gasteiger partial charge in [0.05, 0.1) is 5.69 Å². The molecule has 1 nitrogen and oxygen atoms in total. The van der Waals surface area contributed by atoms with Gasteiger partial charge in [-0.05, 0) is 114 Å². The van der Waals surface area contributed by atoms with Crippen LogP contribution in [0.4, 0.5) is 17.1 Å². The van der Waals surface area contributed by atoms with E-state index in [0.717, 1.165) is 17.1 Å². The molecular weight excluding hydrogens is 687 g/mol. The fraction of sp³-hybridized carbons (Fsp3) is 0. The lowest BCUT2D eigenvalue weighted by molar-refractivity contribution is 1.30. The van der Waals surface area contributed by atoms with Gasteiger partial charge in [-0.2, -0.15) is 0 Å². The molecule has 0 fully saturated rings. The number of rotatable bonds is 8. The van der Waals surface area contributed by atoms with Crippen molar-refractivity contribution in [2.75, 3.05) is 4.90 Å². The molecule has 0 bridgehead atoms. The van der Waals surface area contributed by atoms with Crippen molar-refractivity contribution in [2.24, 2.45) is 0 Å². The quantitative estimate of drug-likeness (QED) is 0.151. The molecule has 0 saturated carbocycles. The van der Waals surface area contributed by atoms with Gasteiger partial charge in [-0.25, -0.2) is 0 Å². The Bertz CT molecular complexity index is 2980. The lowest BCUT2D eigenvalue weighted by atomic mass is 9.90. The van der Waals surface area contributed by atoms with Crippen molar-refractivity contribution >= 4 is 38.6 Å². The summed E-state index contributed by atoms with van der Waals surface area (Å²) >= 11 is 0. The van der Waals surface area contributed by atoms with Gasteiger partial charge in [0.15, 0.2) is 0 Å². The zero-order chi connectivity index (χ0) is 38.0. The van der Waals surface area contributed by atoms with Crippen molar-refractivity contribution in [2.45, 2.75) is 0 Å². The second-order valence-corrected chi connectivity index (χ2v) is 14.5. The lowest BCUT2D eigenvalue weighted by Gasteiger charge is -2.28. The Hall–Kier alpha value is -7.48. The minimum absolute atomic E-state index is 1.09. The van der Waals surface area contributed by atoms with E-state index in [1.165, 1.54) is 77.2 Å². The van der Waals surface area contributed by atoms with Crippen molar-refractivity contribution in [3.63, 3.8) is 0 Å². The number of hydrogen-bond acceptors (Lipinski definition) is 1. The highest BCUT2D eigenvalue weighted by Gasteiger charge is 2.19. The maximum atomic E-state index is 2.41. The van der Waals surface area contributed by atoms with Gasteiger partial charge in [-0.15, -0.1) is 0 Å². The maximum absolute atomic E-state index is 2.41. The number of fused-ring (bicyclic) bond motifs is 2. The van der Waals surface area contributed by atoms with Crippen molar-refractivity contribution in [1.82, 2.24) is 0 Å². The zero-order valence-corrected chi connectivity index (χ0v) is 31.5. The van der Waals surface area contributed by atoms with Crippen LogP contribution in [0, 0.1) is 0 Å². The van der Waals surface area contributed by atoms with Crippen LogP contribution in [0.25, 0.3) is 77.2 Å². The Morgan fingerprint density at radius 1 is 0.228 bits per heavy atom. The minimum Gasteiger partial charge on any atom is -0.310 e. The third-order valence-electron chi connectivity index (χ3n) is 11.1. The molecule has 0 unspecified atom stereocenters. The molecular formula is C56H39N. The zero-order valence-electron chi connectivity index (χ0n) is 31.5. The average molecular weight is 726 g/mol. The van der Waals surface area contributed by atoms with E-state index in [4.69, 9.17) is 0 Å². The Morgan fingerprint density at radius 2 is 0.719 bits per heavy atom. The van der Waals surface area contributed by atoms with Crippen LogP contribution in [0.1, 0.15) is 0 Å². The van der Waals surface area contributed by atoms with Crippen LogP contribution in [0.2, 0.25) is 0 Å². The van der Waals surface area contributed by atoms with Gasteiger partial charge in [-0.1, -0.05) is 194 Å². The summed E-state index contributed by atoms with van der Waals surface area (Å²) in [6.07, 6.45) is 0. The number of hydrogen-bond donors (Lipinski definition) is 0. The molecule has 0 saturated heterocycles. The van der Waals surface area contributed by atoms with Crippen LogP contribution in [0.5, 0.6) is 0 Å². The van der Waals surface area contributed by atoms with E-state index in [2.05, 4.69) is 241 Å². The van der Waals surface area contributed by atoms with Gasteiger partial charge < -0.3 is 4.90 Å². The summed E-state index contributed by atoms with van der Waals surface area (Å²) in [4.78, 5) is 2.41. The van der Waals surface area contributed by atoms with Crippen LogP contribution in [0.15, 0.2) is 237 Å². The second kappa shape index (κ2) is 15.0. The average Bonchev–Trinajstić information content (AvgIpc) is 3.30. The lowest BCUT2D eigenvalue weighted by Crippen LogP contribution is -2.10. The highest BCUT2D eigenvalue weighted by atomic mass is 15.1. The largest absolute Gasteiger partial charge is 0.310 e. The Labute approximate surface area is 334 Å². The first-order valence-electron chi connectivity index (χ1n) is 19.6. The van der Waals surface area contributed by atoms with Gasteiger partial charge in [0.1, 0.15) is 0 Å². The normalized spacial score (nSPS) is 11.2. The topological polar surface area (TPSA) is 3.24 Å². The number of benzene rings is 10. The summed E-state index contributed by atoms with van der Waals surface area (Å²) in [6.45, 7) is 0. The molecule has 10 aromatic rings. The molecule has 1 heteroatoms. The number of anilines is 3. The molecule has 268 valence electrons. The standard InChI is InChI=1S/C56H39N/c1-4-16-42(17-5-1)51-35-31-47(38-54(51)48-28-27-40-15-10-11-23-46(40)37-48)41-29-32-49(33-30-41)57(56-26-14-24-44-22-12-13-25-53(44)56)50-34-36-52(43-18-6-2-7-19-43)55(39-50)45-20-8-3-9-21-45/h1-39H. The molecule has 0 N–H and O–H groups in total. The van der Waals surface area contributed by atoms with Crippen molar-refractivity contribution in [1.29, 1.82) is 0 Å². The second-order valence-electron chi connectivity index (χ2n) is 14.5. The van der Waals surface area contributed by atoms with Crippen LogP contribution >= 0.6 is 0 Å². The maximum Gasteiger partial charge on any atom is 0.0540 e. The van der Waals surface area contributed by atoms with Crippen molar-refractivity contribution in [3.05, 3.63) is 237 Å². The SMILES string of the molecule is c1ccc(-c2ccc(-c3ccc(N(c4ccc(-c5ccccc5)c(-c5ccccc5)c4)c4cccc5ccccc45)cc3)cc2-c2ccc3ccccc3c2)cc1. The van der Waals surface area contributed by atoms with Crippen LogP contribution < -0.4 is 4.90 Å². The fourth-order valence-corrected chi connectivity index (χ4v) is 8.22. The molecule has 0 atom stereocenters. The third-order valence-corrected chi connectivity index (χ3v) is 11.1. The molecule has 0 aromatic heterocycles. The molecule has 10 aromatic carbocycles. The van der Waals surface area contributed by atoms with E-state index in [1.54, 1.807) is 0 Å². The minimum atomic E-state index is 1.09. The molecule has 57 heavy (non-hydrogen) atoms. The first-order valence-corrected chi connectivity index (χ1v) is 19.6. The van der Waals surface area contributed by atoms with Gasteiger partial charge in [0.2, 0.25) is 0 Å². The summed E-state index contributed by atoms with van der Waals surface area (Å²) < 4.78 is 0. The van der Waals surface area contributed by atoms with E-state index in [9.17, 15) is 0 Å².